The quantitative estimate of drug-likeness (QED) is 0.450. The predicted molar refractivity (Wildman–Crippen MR) is 102 cm³/mol. The van der Waals surface area contributed by atoms with E-state index in [-0.39, 0.29) is 6.10 Å². The third-order valence-electron chi connectivity index (χ3n) is 3.91. The average Bonchev–Trinajstić information content (AvgIpc) is 3.34. The first-order chi connectivity index (χ1) is 13.0. The fraction of sp³-hybridized carbons (Fsp3) is 0.278. The number of amides is 2. The van der Waals surface area contributed by atoms with Gasteiger partial charge >= 0.3 is 11.8 Å². The van der Waals surface area contributed by atoms with Crippen molar-refractivity contribution in [2.24, 2.45) is 5.10 Å². The van der Waals surface area contributed by atoms with Crippen LogP contribution in [0.3, 0.4) is 0 Å². The number of carbonyl (C=O) groups is 2. The van der Waals surface area contributed by atoms with Crippen LogP contribution in [0.25, 0.3) is 11.3 Å². The molecule has 1 aromatic heterocycles. The number of halogens is 2. The second kappa shape index (κ2) is 9.03. The SMILES string of the molecule is O=C(NC[C@H]1CCCO1)C(=O)N/N=C/c1ccc(-c2ccc(Cl)c(Cl)c2)o1. The van der Waals surface area contributed by atoms with Crippen LogP contribution in [0.2, 0.25) is 10.0 Å². The highest BCUT2D eigenvalue weighted by Crippen LogP contribution is 2.29. The molecule has 1 fully saturated rings. The Morgan fingerprint density at radius 1 is 1.19 bits per heavy atom. The Balaban J connectivity index is 1.50. The van der Waals surface area contributed by atoms with Gasteiger partial charge in [0.25, 0.3) is 0 Å². The Hall–Kier alpha value is -2.35. The van der Waals surface area contributed by atoms with E-state index in [9.17, 15) is 9.59 Å². The molecule has 9 heteroatoms. The normalized spacial score (nSPS) is 16.6. The Morgan fingerprint density at radius 2 is 2.04 bits per heavy atom. The van der Waals surface area contributed by atoms with Gasteiger partial charge in [0.2, 0.25) is 0 Å². The third-order valence-corrected chi connectivity index (χ3v) is 4.65. The van der Waals surface area contributed by atoms with Crippen LogP contribution in [0.4, 0.5) is 0 Å². The lowest BCUT2D eigenvalue weighted by Gasteiger charge is -2.09. The summed E-state index contributed by atoms with van der Waals surface area (Å²) in [5.41, 5.74) is 2.90. The van der Waals surface area contributed by atoms with Crippen molar-refractivity contribution in [2.75, 3.05) is 13.2 Å². The van der Waals surface area contributed by atoms with Crippen LogP contribution in [-0.4, -0.2) is 37.3 Å². The van der Waals surface area contributed by atoms with E-state index < -0.39 is 11.8 Å². The molecule has 0 unspecified atom stereocenters. The van der Waals surface area contributed by atoms with E-state index >= 15 is 0 Å². The van der Waals surface area contributed by atoms with Crippen LogP contribution >= 0.6 is 23.2 Å². The van der Waals surface area contributed by atoms with Gasteiger partial charge in [0, 0.05) is 18.7 Å². The summed E-state index contributed by atoms with van der Waals surface area (Å²) < 4.78 is 11.0. The molecule has 142 valence electrons. The highest BCUT2D eigenvalue weighted by Gasteiger charge is 2.19. The molecular formula is C18H17Cl2N3O4. The summed E-state index contributed by atoms with van der Waals surface area (Å²) in [5.74, 6) is -0.661. The number of carbonyl (C=O) groups excluding carboxylic acids is 2. The minimum Gasteiger partial charge on any atom is -0.455 e. The zero-order chi connectivity index (χ0) is 19.2. The average molecular weight is 410 g/mol. The van der Waals surface area contributed by atoms with E-state index in [0.29, 0.717) is 34.7 Å². The summed E-state index contributed by atoms with van der Waals surface area (Å²) in [4.78, 5) is 23.4. The van der Waals surface area contributed by atoms with E-state index in [1.807, 2.05) is 0 Å². The maximum absolute atomic E-state index is 11.7. The number of hydrazone groups is 1. The first-order valence-electron chi connectivity index (χ1n) is 8.31. The van der Waals surface area contributed by atoms with Crippen LogP contribution in [0.15, 0.2) is 39.9 Å². The molecule has 2 aromatic rings. The first-order valence-corrected chi connectivity index (χ1v) is 9.06. The van der Waals surface area contributed by atoms with Crippen molar-refractivity contribution in [3.63, 3.8) is 0 Å². The number of nitrogens with one attached hydrogen (secondary N) is 2. The smallest absolute Gasteiger partial charge is 0.329 e. The lowest BCUT2D eigenvalue weighted by atomic mass is 10.2. The van der Waals surface area contributed by atoms with Gasteiger partial charge in [0.15, 0.2) is 0 Å². The first kappa shape index (κ1) is 19.4. The van der Waals surface area contributed by atoms with Crippen molar-refractivity contribution in [3.05, 3.63) is 46.1 Å². The molecule has 0 spiro atoms. The molecule has 27 heavy (non-hydrogen) atoms. The highest BCUT2D eigenvalue weighted by molar-refractivity contribution is 6.42. The Kier molecular flexibility index (Phi) is 6.49. The Bertz CT molecular complexity index is 860. The molecule has 1 aliphatic rings. The van der Waals surface area contributed by atoms with Gasteiger partial charge in [-0.05, 0) is 43.2 Å². The van der Waals surface area contributed by atoms with E-state index in [4.69, 9.17) is 32.4 Å². The molecule has 1 aromatic carbocycles. The summed E-state index contributed by atoms with van der Waals surface area (Å²) >= 11 is 11.9. The van der Waals surface area contributed by atoms with Gasteiger partial charge in [-0.2, -0.15) is 5.10 Å². The largest absolute Gasteiger partial charge is 0.455 e. The highest BCUT2D eigenvalue weighted by atomic mass is 35.5. The lowest BCUT2D eigenvalue weighted by molar-refractivity contribution is -0.139. The minimum absolute atomic E-state index is 0.0341. The summed E-state index contributed by atoms with van der Waals surface area (Å²) in [6, 6.07) is 8.53. The monoisotopic (exact) mass is 409 g/mol. The van der Waals surface area contributed by atoms with Crippen molar-refractivity contribution in [1.29, 1.82) is 0 Å². The van der Waals surface area contributed by atoms with Crippen LogP contribution in [0.5, 0.6) is 0 Å². The number of rotatable bonds is 5. The standard InChI is InChI=1S/C18H17Cl2N3O4/c19-14-5-3-11(8-15(14)20)16-6-4-13(27-16)10-22-23-18(25)17(24)21-9-12-2-1-7-26-12/h3-6,8,10,12H,1-2,7,9H2,(H,21,24)(H,23,25)/b22-10+/t12-/m1/s1. The van der Waals surface area contributed by atoms with Gasteiger partial charge in [-0.3, -0.25) is 9.59 Å². The molecule has 0 bridgehead atoms. The van der Waals surface area contributed by atoms with Crippen molar-refractivity contribution < 1.29 is 18.7 Å². The molecule has 3 rings (SSSR count). The molecule has 1 atom stereocenters. The maximum Gasteiger partial charge on any atom is 0.329 e. The molecule has 7 nitrogen and oxygen atoms in total. The van der Waals surface area contributed by atoms with E-state index in [0.717, 1.165) is 18.4 Å². The number of benzene rings is 1. The molecular weight excluding hydrogens is 393 g/mol. The number of hydrogen-bond acceptors (Lipinski definition) is 5. The van der Waals surface area contributed by atoms with E-state index in [1.165, 1.54) is 6.21 Å². The predicted octanol–water partition coefficient (Wildman–Crippen LogP) is 3.00. The van der Waals surface area contributed by atoms with Crippen molar-refractivity contribution >= 4 is 41.2 Å². The fourth-order valence-corrected chi connectivity index (χ4v) is 2.82. The van der Waals surface area contributed by atoms with Gasteiger partial charge < -0.3 is 14.5 Å². The molecule has 1 aliphatic heterocycles. The van der Waals surface area contributed by atoms with Crippen molar-refractivity contribution in [1.82, 2.24) is 10.7 Å². The number of furan rings is 1. The summed E-state index contributed by atoms with van der Waals surface area (Å²) in [6.45, 7) is 0.992. The molecule has 2 heterocycles. The topological polar surface area (TPSA) is 92.9 Å². The number of nitrogens with zero attached hydrogens (tertiary/aromatic N) is 1. The zero-order valence-electron chi connectivity index (χ0n) is 14.2. The molecule has 0 saturated carbocycles. The lowest BCUT2D eigenvalue weighted by Crippen LogP contribution is -2.41. The van der Waals surface area contributed by atoms with Crippen molar-refractivity contribution in [3.8, 4) is 11.3 Å². The summed E-state index contributed by atoms with van der Waals surface area (Å²) in [5, 5.41) is 7.11. The minimum atomic E-state index is -0.861. The fourth-order valence-electron chi connectivity index (χ4n) is 2.52. The second-order valence-electron chi connectivity index (χ2n) is 5.88. The molecule has 0 aliphatic carbocycles. The van der Waals surface area contributed by atoms with Crippen LogP contribution in [0, 0.1) is 0 Å². The maximum atomic E-state index is 11.7. The molecule has 1 saturated heterocycles. The van der Waals surface area contributed by atoms with E-state index in [1.54, 1.807) is 30.3 Å². The van der Waals surface area contributed by atoms with Crippen LogP contribution in [-0.2, 0) is 14.3 Å². The van der Waals surface area contributed by atoms with Crippen molar-refractivity contribution in [2.45, 2.75) is 18.9 Å². The summed E-state index contributed by atoms with van der Waals surface area (Å²) in [6.07, 6.45) is 3.10. The van der Waals surface area contributed by atoms with Gasteiger partial charge in [-0.15, -0.1) is 0 Å². The van der Waals surface area contributed by atoms with Crippen LogP contribution in [0.1, 0.15) is 18.6 Å². The van der Waals surface area contributed by atoms with Gasteiger partial charge in [-0.25, -0.2) is 5.43 Å². The Labute approximate surface area is 165 Å². The molecule has 2 amide bonds. The van der Waals surface area contributed by atoms with Gasteiger partial charge in [-0.1, -0.05) is 23.2 Å². The number of hydrogen-bond donors (Lipinski definition) is 2. The number of ether oxygens (including phenoxy) is 1. The van der Waals surface area contributed by atoms with Gasteiger partial charge in [0.05, 0.1) is 22.4 Å². The van der Waals surface area contributed by atoms with Gasteiger partial charge in [0.1, 0.15) is 11.5 Å². The van der Waals surface area contributed by atoms with Crippen LogP contribution < -0.4 is 10.7 Å². The second-order valence-corrected chi connectivity index (χ2v) is 6.69. The zero-order valence-corrected chi connectivity index (χ0v) is 15.7. The molecule has 2 N–H and O–H groups in total. The summed E-state index contributed by atoms with van der Waals surface area (Å²) in [7, 11) is 0. The Morgan fingerprint density at radius 3 is 2.78 bits per heavy atom. The van der Waals surface area contributed by atoms with E-state index in [2.05, 4.69) is 15.8 Å². The molecule has 0 radical (unpaired) electrons. The third kappa shape index (κ3) is 5.32.